The molecule has 1 unspecified atom stereocenters. The van der Waals surface area contributed by atoms with Crippen LogP contribution in [0.5, 0.6) is 0 Å². The number of nitrogens with one attached hydrogen (secondary N) is 2. The fourth-order valence-electron chi connectivity index (χ4n) is 2.48. The van der Waals surface area contributed by atoms with Crippen molar-refractivity contribution in [3.8, 4) is 0 Å². The third-order valence-electron chi connectivity index (χ3n) is 3.83. The van der Waals surface area contributed by atoms with Crippen molar-refractivity contribution in [3.63, 3.8) is 0 Å². The highest BCUT2D eigenvalue weighted by Crippen LogP contribution is 2.23. The quantitative estimate of drug-likeness (QED) is 0.911. The maximum atomic E-state index is 13.6. The van der Waals surface area contributed by atoms with Gasteiger partial charge in [-0.15, -0.1) is 11.3 Å². The Morgan fingerprint density at radius 2 is 2.41 bits per heavy atom. The first-order valence-electron chi connectivity index (χ1n) is 7.33. The zero-order chi connectivity index (χ0) is 15.5. The molecule has 1 aromatic carbocycles. The summed E-state index contributed by atoms with van der Waals surface area (Å²) >= 11 is 1.44. The molecule has 22 heavy (non-hydrogen) atoms. The van der Waals surface area contributed by atoms with E-state index in [1.54, 1.807) is 25.3 Å². The summed E-state index contributed by atoms with van der Waals surface area (Å²) < 4.78 is 13.6. The maximum Gasteiger partial charge on any atom is 0.230 e. The molecule has 2 heterocycles. The number of aryl methyl sites for hydroxylation is 1. The summed E-state index contributed by atoms with van der Waals surface area (Å²) in [5, 5.41) is 6.65. The molecule has 1 saturated heterocycles. The van der Waals surface area contributed by atoms with Gasteiger partial charge in [0.1, 0.15) is 5.82 Å². The van der Waals surface area contributed by atoms with Gasteiger partial charge in [-0.2, -0.15) is 0 Å². The highest BCUT2D eigenvalue weighted by atomic mass is 32.1. The van der Waals surface area contributed by atoms with E-state index < -0.39 is 0 Å². The molecule has 1 fully saturated rings. The first-order chi connectivity index (χ1) is 10.6. The Morgan fingerprint density at radius 1 is 1.55 bits per heavy atom. The van der Waals surface area contributed by atoms with Gasteiger partial charge in [-0.25, -0.2) is 9.37 Å². The van der Waals surface area contributed by atoms with Crippen LogP contribution in [0.25, 0.3) is 0 Å². The minimum atomic E-state index is -0.190. The number of hydrogen-bond acceptors (Lipinski definition) is 4. The number of thiazole rings is 1. The third kappa shape index (κ3) is 3.51. The van der Waals surface area contributed by atoms with Crippen LogP contribution >= 0.6 is 11.3 Å². The largest absolute Gasteiger partial charge is 0.316 e. The van der Waals surface area contributed by atoms with Crippen LogP contribution in [0, 0.1) is 18.7 Å². The first-order valence-corrected chi connectivity index (χ1v) is 8.15. The van der Waals surface area contributed by atoms with Crippen molar-refractivity contribution in [1.29, 1.82) is 0 Å². The second kappa shape index (κ2) is 6.54. The second-order valence-corrected chi connectivity index (χ2v) is 6.69. The zero-order valence-electron chi connectivity index (χ0n) is 12.4. The van der Waals surface area contributed by atoms with Crippen molar-refractivity contribution in [2.45, 2.75) is 19.8 Å². The van der Waals surface area contributed by atoms with Gasteiger partial charge in [0.25, 0.3) is 0 Å². The van der Waals surface area contributed by atoms with Crippen LogP contribution in [0.4, 0.5) is 9.52 Å². The number of nitrogens with zero attached hydrogens (tertiary/aromatic N) is 1. The van der Waals surface area contributed by atoms with Crippen LogP contribution in [0.3, 0.4) is 0 Å². The lowest BCUT2D eigenvalue weighted by Gasteiger charge is -2.06. The molecule has 6 heteroatoms. The van der Waals surface area contributed by atoms with Crippen molar-refractivity contribution in [2.24, 2.45) is 5.92 Å². The Hall–Kier alpha value is -1.79. The van der Waals surface area contributed by atoms with Gasteiger partial charge in [-0.3, -0.25) is 4.79 Å². The van der Waals surface area contributed by atoms with E-state index in [2.05, 4.69) is 15.6 Å². The van der Waals surface area contributed by atoms with Gasteiger partial charge in [0.15, 0.2) is 5.13 Å². The summed E-state index contributed by atoms with van der Waals surface area (Å²) in [7, 11) is 0. The Morgan fingerprint density at radius 3 is 3.14 bits per heavy atom. The number of carbonyl (C=O) groups excluding carboxylic acids is 1. The molecule has 3 rings (SSSR count). The van der Waals surface area contributed by atoms with Crippen LogP contribution in [-0.4, -0.2) is 24.0 Å². The summed E-state index contributed by atoms with van der Waals surface area (Å²) in [5.41, 5.74) is 1.55. The van der Waals surface area contributed by atoms with Gasteiger partial charge in [-0.05, 0) is 37.1 Å². The molecule has 2 aromatic rings. The molecule has 0 saturated carbocycles. The Kier molecular flexibility index (Phi) is 4.49. The normalized spacial score (nSPS) is 17.6. The summed E-state index contributed by atoms with van der Waals surface area (Å²) in [6, 6.07) is 5.25. The topological polar surface area (TPSA) is 54.0 Å². The van der Waals surface area contributed by atoms with Gasteiger partial charge >= 0.3 is 0 Å². The standard InChI is InChI=1S/C16H18FN3OS/c1-10-2-3-11(7-14(10)17)6-13-9-19-16(22-13)20-15(21)12-4-5-18-8-12/h2-3,7,9,12,18H,4-6,8H2,1H3,(H,19,20,21). The number of halogens is 1. The number of anilines is 1. The zero-order valence-corrected chi connectivity index (χ0v) is 13.2. The van der Waals surface area contributed by atoms with E-state index >= 15 is 0 Å². The monoisotopic (exact) mass is 319 g/mol. The van der Waals surface area contributed by atoms with E-state index in [4.69, 9.17) is 0 Å². The average Bonchev–Trinajstić information content (AvgIpc) is 3.15. The van der Waals surface area contributed by atoms with Crippen molar-refractivity contribution in [1.82, 2.24) is 10.3 Å². The van der Waals surface area contributed by atoms with Crippen molar-refractivity contribution in [2.75, 3.05) is 18.4 Å². The number of rotatable bonds is 4. The number of carbonyl (C=O) groups is 1. The van der Waals surface area contributed by atoms with Gasteiger partial charge < -0.3 is 10.6 Å². The molecule has 4 nitrogen and oxygen atoms in total. The maximum absolute atomic E-state index is 13.6. The van der Waals surface area contributed by atoms with Gasteiger partial charge in [0, 0.05) is 24.0 Å². The van der Waals surface area contributed by atoms with Crippen molar-refractivity contribution in [3.05, 3.63) is 46.2 Å². The first kappa shape index (κ1) is 15.1. The Bertz CT molecular complexity index is 680. The van der Waals surface area contributed by atoms with Crippen molar-refractivity contribution >= 4 is 22.4 Å². The average molecular weight is 319 g/mol. The predicted octanol–water partition coefficient (Wildman–Crippen LogP) is 2.73. The minimum Gasteiger partial charge on any atom is -0.316 e. The number of aromatic nitrogens is 1. The molecule has 1 aliphatic heterocycles. The van der Waals surface area contributed by atoms with Crippen molar-refractivity contribution < 1.29 is 9.18 Å². The molecule has 0 radical (unpaired) electrons. The lowest BCUT2D eigenvalue weighted by atomic mass is 10.1. The molecule has 1 aliphatic rings. The number of hydrogen-bond donors (Lipinski definition) is 2. The van der Waals surface area contributed by atoms with E-state index in [0.29, 0.717) is 17.1 Å². The summed E-state index contributed by atoms with van der Waals surface area (Å²) in [4.78, 5) is 17.3. The second-order valence-electron chi connectivity index (χ2n) is 5.57. The SMILES string of the molecule is Cc1ccc(Cc2cnc(NC(=O)C3CCNC3)s2)cc1F. The van der Waals surface area contributed by atoms with Gasteiger partial charge in [0.2, 0.25) is 5.91 Å². The summed E-state index contributed by atoms with van der Waals surface area (Å²) in [5.74, 6) is -0.143. The molecule has 1 atom stereocenters. The van der Waals surface area contributed by atoms with E-state index in [-0.39, 0.29) is 17.6 Å². The van der Waals surface area contributed by atoms with Gasteiger partial charge in [-0.1, -0.05) is 12.1 Å². The minimum absolute atomic E-state index is 0.0206. The molecule has 1 aromatic heterocycles. The smallest absolute Gasteiger partial charge is 0.230 e. The predicted molar refractivity (Wildman–Crippen MR) is 85.7 cm³/mol. The van der Waals surface area contributed by atoms with E-state index in [1.165, 1.54) is 11.3 Å². The highest BCUT2D eigenvalue weighted by Gasteiger charge is 2.23. The number of benzene rings is 1. The van der Waals surface area contributed by atoms with E-state index in [1.807, 2.05) is 6.07 Å². The van der Waals surface area contributed by atoms with E-state index in [9.17, 15) is 9.18 Å². The molecule has 0 spiro atoms. The van der Waals surface area contributed by atoms with Crippen LogP contribution in [0.15, 0.2) is 24.4 Å². The summed E-state index contributed by atoms with van der Waals surface area (Å²) in [6.45, 7) is 3.37. The molecule has 1 amide bonds. The summed E-state index contributed by atoms with van der Waals surface area (Å²) in [6.07, 6.45) is 3.23. The molecule has 0 aliphatic carbocycles. The fraction of sp³-hybridized carbons (Fsp3) is 0.375. The van der Waals surface area contributed by atoms with Gasteiger partial charge in [0.05, 0.1) is 5.92 Å². The molecular formula is C16H18FN3OS. The lowest BCUT2D eigenvalue weighted by molar-refractivity contribution is -0.119. The third-order valence-corrected chi connectivity index (χ3v) is 4.74. The molecular weight excluding hydrogens is 301 g/mol. The van der Waals surface area contributed by atoms with Crippen LogP contribution in [0.2, 0.25) is 0 Å². The number of amides is 1. The van der Waals surface area contributed by atoms with Crippen LogP contribution in [0.1, 0.15) is 22.4 Å². The molecule has 116 valence electrons. The van der Waals surface area contributed by atoms with Crippen LogP contribution < -0.4 is 10.6 Å². The highest BCUT2D eigenvalue weighted by molar-refractivity contribution is 7.15. The molecule has 0 bridgehead atoms. The Labute approximate surface area is 132 Å². The fourth-order valence-corrected chi connectivity index (χ4v) is 3.33. The molecule has 2 N–H and O–H groups in total. The lowest BCUT2D eigenvalue weighted by Crippen LogP contribution is -2.24. The van der Waals surface area contributed by atoms with Crippen LogP contribution in [-0.2, 0) is 11.2 Å². The Balaban J connectivity index is 1.63. The van der Waals surface area contributed by atoms with E-state index in [0.717, 1.165) is 30.0 Å².